The van der Waals surface area contributed by atoms with Crippen LogP contribution >= 0.6 is 0 Å². The van der Waals surface area contributed by atoms with Crippen molar-refractivity contribution < 1.29 is 19.1 Å². The Bertz CT molecular complexity index is 414. The third kappa shape index (κ3) is 3.79. The second-order valence-corrected chi connectivity index (χ2v) is 6.69. The van der Waals surface area contributed by atoms with Gasteiger partial charge in [-0.3, -0.25) is 9.59 Å². The largest absolute Gasteiger partial charge is 0.347 e. The molecular weight excluding hydrogens is 284 g/mol. The zero-order chi connectivity index (χ0) is 15.4. The van der Waals surface area contributed by atoms with Gasteiger partial charge in [0.15, 0.2) is 5.79 Å². The van der Waals surface area contributed by atoms with Crippen molar-refractivity contribution in [3.05, 3.63) is 0 Å². The molecule has 2 aliphatic carbocycles. The second-order valence-electron chi connectivity index (χ2n) is 6.69. The van der Waals surface area contributed by atoms with E-state index >= 15 is 0 Å². The van der Waals surface area contributed by atoms with Gasteiger partial charge in [-0.1, -0.05) is 19.3 Å². The smallest absolute Gasteiger partial charge is 0.309 e. The molecule has 22 heavy (non-hydrogen) atoms. The van der Waals surface area contributed by atoms with E-state index in [-0.39, 0.29) is 12.1 Å². The number of rotatable bonds is 3. The number of carbonyl (C=O) groups excluding carboxylic acids is 2. The van der Waals surface area contributed by atoms with Gasteiger partial charge >= 0.3 is 11.8 Å². The van der Waals surface area contributed by atoms with Gasteiger partial charge in [0.2, 0.25) is 0 Å². The summed E-state index contributed by atoms with van der Waals surface area (Å²) < 4.78 is 11.7. The normalized spacial score (nSPS) is 27.9. The third-order valence-corrected chi connectivity index (χ3v) is 4.92. The second kappa shape index (κ2) is 6.96. The average Bonchev–Trinajstić information content (AvgIpc) is 3.16. The Labute approximate surface area is 131 Å². The van der Waals surface area contributed by atoms with Crippen molar-refractivity contribution in [2.45, 2.75) is 75.7 Å². The molecule has 2 amide bonds. The molecule has 0 aromatic rings. The van der Waals surface area contributed by atoms with E-state index in [2.05, 4.69) is 10.6 Å². The molecule has 3 fully saturated rings. The van der Waals surface area contributed by atoms with Crippen LogP contribution in [0.2, 0.25) is 0 Å². The summed E-state index contributed by atoms with van der Waals surface area (Å²) in [4.78, 5) is 23.7. The fraction of sp³-hybridized carbons (Fsp3) is 0.875. The lowest BCUT2D eigenvalue weighted by molar-refractivity contribution is -0.161. The van der Waals surface area contributed by atoms with Crippen LogP contribution in [0.5, 0.6) is 0 Å². The summed E-state index contributed by atoms with van der Waals surface area (Å²) in [5.74, 6) is -1.51. The van der Waals surface area contributed by atoms with E-state index in [4.69, 9.17) is 9.47 Å². The molecule has 124 valence electrons. The Morgan fingerprint density at radius 2 is 1.73 bits per heavy atom. The fourth-order valence-corrected chi connectivity index (χ4v) is 3.68. The maximum atomic E-state index is 11.9. The molecule has 6 nitrogen and oxygen atoms in total. The van der Waals surface area contributed by atoms with Crippen molar-refractivity contribution in [3.8, 4) is 0 Å². The van der Waals surface area contributed by atoms with E-state index in [1.165, 1.54) is 6.42 Å². The first kappa shape index (κ1) is 15.7. The fourth-order valence-electron chi connectivity index (χ4n) is 3.68. The highest BCUT2D eigenvalue weighted by molar-refractivity contribution is 6.35. The van der Waals surface area contributed by atoms with E-state index in [0.29, 0.717) is 13.2 Å². The Hall–Kier alpha value is -1.14. The van der Waals surface area contributed by atoms with Gasteiger partial charge in [-0.25, -0.2) is 0 Å². The minimum atomic E-state index is -0.568. The molecule has 0 unspecified atom stereocenters. The number of carbonyl (C=O) groups is 2. The van der Waals surface area contributed by atoms with Gasteiger partial charge in [0.1, 0.15) is 6.10 Å². The summed E-state index contributed by atoms with van der Waals surface area (Å²) in [6.07, 6.45) is 9.39. The quantitative estimate of drug-likeness (QED) is 0.769. The van der Waals surface area contributed by atoms with Crippen LogP contribution in [0.15, 0.2) is 0 Å². The number of nitrogens with one attached hydrogen (secondary N) is 2. The molecule has 1 atom stereocenters. The lowest BCUT2D eigenvalue weighted by atomic mass is 9.95. The lowest BCUT2D eigenvalue weighted by Gasteiger charge is -2.23. The molecule has 0 aromatic carbocycles. The number of ether oxygens (including phenoxy) is 2. The third-order valence-electron chi connectivity index (χ3n) is 4.92. The highest BCUT2D eigenvalue weighted by atomic mass is 16.7. The van der Waals surface area contributed by atoms with Gasteiger partial charge in [-0.2, -0.15) is 0 Å². The Balaban J connectivity index is 1.37. The van der Waals surface area contributed by atoms with Crippen molar-refractivity contribution in [2.75, 3.05) is 13.2 Å². The first-order chi connectivity index (χ1) is 10.7. The molecule has 0 bridgehead atoms. The van der Waals surface area contributed by atoms with Gasteiger partial charge in [0.05, 0.1) is 6.61 Å². The zero-order valence-corrected chi connectivity index (χ0v) is 13.1. The molecule has 2 N–H and O–H groups in total. The molecule has 1 aliphatic heterocycles. The Morgan fingerprint density at radius 1 is 1.00 bits per heavy atom. The highest BCUT2D eigenvalue weighted by Gasteiger charge is 2.43. The zero-order valence-electron chi connectivity index (χ0n) is 13.1. The maximum Gasteiger partial charge on any atom is 0.309 e. The number of amides is 2. The van der Waals surface area contributed by atoms with Crippen molar-refractivity contribution in [3.63, 3.8) is 0 Å². The van der Waals surface area contributed by atoms with Crippen molar-refractivity contribution in [1.82, 2.24) is 10.6 Å². The van der Waals surface area contributed by atoms with Gasteiger partial charge in [0.25, 0.3) is 0 Å². The van der Waals surface area contributed by atoms with Gasteiger partial charge < -0.3 is 20.1 Å². The predicted molar refractivity (Wildman–Crippen MR) is 80.0 cm³/mol. The molecule has 6 heteroatoms. The molecule has 3 rings (SSSR count). The topological polar surface area (TPSA) is 76.7 Å². The molecule has 0 aromatic heterocycles. The predicted octanol–water partition coefficient (Wildman–Crippen LogP) is 1.24. The minimum absolute atomic E-state index is 0.149. The van der Waals surface area contributed by atoms with Crippen LogP contribution in [0.4, 0.5) is 0 Å². The first-order valence-corrected chi connectivity index (χ1v) is 8.57. The van der Waals surface area contributed by atoms with Crippen molar-refractivity contribution in [1.29, 1.82) is 0 Å². The average molecular weight is 310 g/mol. The van der Waals surface area contributed by atoms with Gasteiger partial charge in [0, 0.05) is 25.4 Å². The minimum Gasteiger partial charge on any atom is -0.347 e. The van der Waals surface area contributed by atoms with Gasteiger partial charge in [-0.05, 0) is 25.7 Å². The van der Waals surface area contributed by atoms with Gasteiger partial charge in [-0.15, -0.1) is 0 Å². The summed E-state index contributed by atoms with van der Waals surface area (Å²) in [6.45, 7) is 0.823. The van der Waals surface area contributed by atoms with Crippen LogP contribution in [0.1, 0.15) is 57.8 Å². The van der Waals surface area contributed by atoms with Crippen LogP contribution in [0, 0.1) is 0 Å². The van der Waals surface area contributed by atoms with Crippen LogP contribution < -0.4 is 10.6 Å². The summed E-state index contributed by atoms with van der Waals surface area (Å²) >= 11 is 0. The molecule has 1 spiro atoms. The molecule has 3 aliphatic rings. The Kier molecular flexibility index (Phi) is 4.98. The van der Waals surface area contributed by atoms with Crippen LogP contribution in [-0.4, -0.2) is 42.9 Å². The summed E-state index contributed by atoms with van der Waals surface area (Å²) in [5, 5.41) is 5.48. The van der Waals surface area contributed by atoms with E-state index < -0.39 is 17.6 Å². The standard InChI is InChI=1S/C16H26N2O4/c19-14(15(20)18-12-6-2-1-3-7-12)17-10-13-11-21-16(22-13)8-4-5-9-16/h12-13H,1-11H2,(H,17,19)(H,18,20)/t13-/m1/s1. The highest BCUT2D eigenvalue weighted by Crippen LogP contribution is 2.38. The summed E-state index contributed by atoms with van der Waals surface area (Å²) in [6, 6.07) is 0.153. The Morgan fingerprint density at radius 3 is 2.45 bits per heavy atom. The first-order valence-electron chi connectivity index (χ1n) is 8.57. The summed E-state index contributed by atoms with van der Waals surface area (Å²) in [5.41, 5.74) is 0. The molecule has 0 radical (unpaired) electrons. The van der Waals surface area contributed by atoms with Crippen molar-refractivity contribution in [2.24, 2.45) is 0 Å². The lowest BCUT2D eigenvalue weighted by Crippen LogP contribution is -2.47. The van der Waals surface area contributed by atoms with Crippen LogP contribution in [0.3, 0.4) is 0 Å². The maximum absolute atomic E-state index is 11.9. The van der Waals surface area contributed by atoms with E-state index in [1.54, 1.807) is 0 Å². The SMILES string of the molecule is O=C(NC[C@@H]1COC2(CCCC2)O1)C(=O)NC1CCCCC1. The molecule has 1 saturated heterocycles. The van der Waals surface area contributed by atoms with E-state index in [0.717, 1.165) is 51.4 Å². The van der Waals surface area contributed by atoms with E-state index in [1.807, 2.05) is 0 Å². The van der Waals surface area contributed by atoms with Crippen LogP contribution in [-0.2, 0) is 19.1 Å². The van der Waals surface area contributed by atoms with Crippen LogP contribution in [0.25, 0.3) is 0 Å². The number of hydrogen-bond donors (Lipinski definition) is 2. The summed E-state index contributed by atoms with van der Waals surface area (Å²) in [7, 11) is 0. The molecule has 1 heterocycles. The van der Waals surface area contributed by atoms with E-state index in [9.17, 15) is 9.59 Å². The van der Waals surface area contributed by atoms with Crippen molar-refractivity contribution >= 4 is 11.8 Å². The number of hydrogen-bond acceptors (Lipinski definition) is 4. The molecular formula is C16H26N2O4. The monoisotopic (exact) mass is 310 g/mol. The molecule has 2 saturated carbocycles.